The number of nitrogens with zero attached hydrogens (tertiary/aromatic N) is 2. The van der Waals surface area contributed by atoms with Crippen molar-refractivity contribution >= 4 is 6.29 Å². The Hall–Kier alpha value is -1.16. The van der Waals surface area contributed by atoms with Gasteiger partial charge in [0.2, 0.25) is 0 Å². The molecular formula is C9H16N2O2. The molecule has 4 heteroatoms. The lowest BCUT2D eigenvalue weighted by Gasteiger charge is -1.90. The summed E-state index contributed by atoms with van der Waals surface area (Å²) in [5.74, 6) is 0. The van der Waals surface area contributed by atoms with Crippen molar-refractivity contribution in [3.05, 3.63) is 17.5 Å². The topological polar surface area (TPSA) is 44.1 Å². The normalized spacial score (nSPS) is 8.92. The van der Waals surface area contributed by atoms with Crippen LogP contribution in [0.5, 0.6) is 0 Å². The first-order valence-corrected chi connectivity index (χ1v) is 4.10. The molecule has 1 aromatic heterocycles. The second kappa shape index (κ2) is 6.37. The molecule has 1 rings (SSSR count). The number of ether oxygens (including phenoxy) is 1. The number of aromatic nitrogens is 2. The molecule has 0 bridgehead atoms. The summed E-state index contributed by atoms with van der Waals surface area (Å²) in [5, 5.41) is 3.87. The van der Waals surface area contributed by atoms with Crippen molar-refractivity contribution in [2.24, 2.45) is 7.05 Å². The first-order chi connectivity index (χ1) is 6.17. The summed E-state index contributed by atoms with van der Waals surface area (Å²) >= 11 is 0. The Bertz CT molecular complexity index is 254. The summed E-state index contributed by atoms with van der Waals surface area (Å²) in [7, 11) is 3.49. The van der Waals surface area contributed by atoms with E-state index in [1.165, 1.54) is 0 Å². The van der Waals surface area contributed by atoms with Crippen LogP contribution in [0.3, 0.4) is 0 Å². The first kappa shape index (κ1) is 11.8. The number of methoxy groups -OCH3 is 1. The molecule has 13 heavy (non-hydrogen) atoms. The highest BCUT2D eigenvalue weighted by molar-refractivity contribution is 5.75. The first-order valence-electron chi connectivity index (χ1n) is 4.10. The molecule has 0 aromatic carbocycles. The van der Waals surface area contributed by atoms with Crippen molar-refractivity contribution in [3.63, 3.8) is 0 Å². The second-order valence-corrected chi connectivity index (χ2v) is 2.50. The van der Waals surface area contributed by atoms with Gasteiger partial charge in [-0.15, -0.1) is 0 Å². The number of hydrogen-bond donors (Lipinski definition) is 0. The summed E-state index contributed by atoms with van der Waals surface area (Å²) in [4.78, 5) is 10.2. The molecule has 0 radical (unpaired) electrons. The highest BCUT2D eigenvalue weighted by atomic mass is 16.5. The van der Waals surface area contributed by atoms with Gasteiger partial charge in [-0.05, 0) is 13.8 Å². The molecule has 0 unspecified atom stereocenters. The van der Waals surface area contributed by atoms with Gasteiger partial charge in [0.25, 0.3) is 0 Å². The number of hydrogen-bond acceptors (Lipinski definition) is 3. The minimum Gasteiger partial charge on any atom is -0.385 e. The lowest BCUT2D eigenvalue weighted by atomic mass is 10.3. The molecule has 0 aliphatic rings. The number of rotatable bonds is 2. The molecule has 0 amide bonds. The van der Waals surface area contributed by atoms with Gasteiger partial charge in [0.15, 0.2) is 6.29 Å². The molecule has 0 atom stereocenters. The van der Waals surface area contributed by atoms with Crippen LogP contribution < -0.4 is 0 Å². The maximum Gasteiger partial charge on any atom is 0.153 e. The number of carbonyl (C=O) groups is 1. The minimum atomic E-state index is 0.664. The van der Waals surface area contributed by atoms with E-state index < -0.39 is 0 Å². The smallest absolute Gasteiger partial charge is 0.153 e. The average molecular weight is 184 g/mol. The molecule has 4 nitrogen and oxygen atoms in total. The predicted octanol–water partition coefficient (Wildman–Crippen LogP) is 1.19. The van der Waals surface area contributed by atoms with E-state index in [1.54, 1.807) is 18.0 Å². The largest absolute Gasteiger partial charge is 0.385 e. The van der Waals surface area contributed by atoms with Gasteiger partial charge in [0.1, 0.15) is 0 Å². The van der Waals surface area contributed by atoms with E-state index in [9.17, 15) is 4.79 Å². The quantitative estimate of drug-likeness (QED) is 0.648. The molecule has 0 saturated heterocycles. The Morgan fingerprint density at radius 3 is 2.38 bits per heavy atom. The molecular weight excluding hydrogens is 168 g/mol. The van der Waals surface area contributed by atoms with Gasteiger partial charge in [-0.3, -0.25) is 9.48 Å². The summed E-state index contributed by atoms with van der Waals surface area (Å²) in [6.07, 6.45) is 2.37. The maximum absolute atomic E-state index is 10.2. The fraction of sp³-hybridized carbons (Fsp3) is 0.556. The predicted molar refractivity (Wildman–Crippen MR) is 50.9 cm³/mol. The van der Waals surface area contributed by atoms with Gasteiger partial charge in [-0.1, -0.05) is 0 Å². The van der Waals surface area contributed by atoms with Crippen LogP contribution in [0.4, 0.5) is 0 Å². The van der Waals surface area contributed by atoms with Crippen molar-refractivity contribution in [2.45, 2.75) is 13.8 Å². The van der Waals surface area contributed by atoms with Gasteiger partial charge in [0.05, 0.1) is 11.8 Å². The molecule has 0 fully saturated rings. The standard InChI is InChI=1S/C6H8N2O.C3H8O/c1-5-6(4-9)3-7-8(5)2;1-3-4-2/h3-4H,1-2H3;3H2,1-2H3. The maximum atomic E-state index is 10.2. The molecule has 0 aliphatic carbocycles. The lowest BCUT2D eigenvalue weighted by Crippen LogP contribution is -1.92. The van der Waals surface area contributed by atoms with Gasteiger partial charge < -0.3 is 4.74 Å². The van der Waals surface area contributed by atoms with Crippen LogP contribution >= 0.6 is 0 Å². The van der Waals surface area contributed by atoms with Crippen molar-refractivity contribution in [1.29, 1.82) is 0 Å². The van der Waals surface area contributed by atoms with Crippen LogP contribution in [0, 0.1) is 6.92 Å². The molecule has 0 saturated carbocycles. The van der Waals surface area contributed by atoms with Crippen molar-refractivity contribution in [3.8, 4) is 0 Å². The lowest BCUT2D eigenvalue weighted by molar-refractivity contribution is 0.112. The summed E-state index contributed by atoms with van der Waals surface area (Å²) in [6.45, 7) is 4.64. The van der Waals surface area contributed by atoms with Gasteiger partial charge in [-0.2, -0.15) is 5.10 Å². The third kappa shape index (κ3) is 3.85. The minimum absolute atomic E-state index is 0.664. The second-order valence-electron chi connectivity index (χ2n) is 2.50. The average Bonchev–Trinajstić information content (AvgIpc) is 2.48. The number of aldehydes is 1. The number of aryl methyl sites for hydroxylation is 1. The molecule has 1 heterocycles. The van der Waals surface area contributed by atoms with Crippen LogP contribution in [0.2, 0.25) is 0 Å². The Kier molecular flexibility index (Phi) is 5.80. The van der Waals surface area contributed by atoms with Crippen LogP contribution in [-0.2, 0) is 11.8 Å². The molecule has 1 aromatic rings. The van der Waals surface area contributed by atoms with Crippen molar-refractivity contribution in [1.82, 2.24) is 9.78 Å². The zero-order valence-corrected chi connectivity index (χ0v) is 8.57. The van der Waals surface area contributed by atoms with Gasteiger partial charge >= 0.3 is 0 Å². The van der Waals surface area contributed by atoms with E-state index in [1.807, 2.05) is 20.9 Å². The van der Waals surface area contributed by atoms with Crippen LogP contribution in [0.15, 0.2) is 6.20 Å². The summed E-state index contributed by atoms with van der Waals surface area (Å²) in [5.41, 5.74) is 1.57. The molecule has 74 valence electrons. The molecule has 0 aliphatic heterocycles. The van der Waals surface area contributed by atoms with Gasteiger partial charge in [-0.25, -0.2) is 0 Å². The Labute approximate surface area is 78.5 Å². The Morgan fingerprint density at radius 2 is 2.23 bits per heavy atom. The zero-order valence-electron chi connectivity index (χ0n) is 8.57. The number of carbonyl (C=O) groups excluding carboxylic acids is 1. The monoisotopic (exact) mass is 184 g/mol. The Balaban J connectivity index is 0.000000310. The molecule has 0 N–H and O–H groups in total. The van der Waals surface area contributed by atoms with E-state index in [0.29, 0.717) is 5.56 Å². The third-order valence-corrected chi connectivity index (χ3v) is 1.69. The Morgan fingerprint density at radius 1 is 1.69 bits per heavy atom. The SMILES string of the molecule is CCOC.Cc1c(C=O)cnn1C. The van der Waals surface area contributed by atoms with Crippen molar-refractivity contribution in [2.75, 3.05) is 13.7 Å². The van der Waals surface area contributed by atoms with E-state index in [0.717, 1.165) is 18.6 Å². The fourth-order valence-corrected chi connectivity index (χ4v) is 0.631. The van der Waals surface area contributed by atoms with Crippen molar-refractivity contribution < 1.29 is 9.53 Å². The fourth-order valence-electron chi connectivity index (χ4n) is 0.631. The van der Waals surface area contributed by atoms with E-state index in [2.05, 4.69) is 9.84 Å². The van der Waals surface area contributed by atoms with E-state index in [4.69, 9.17) is 0 Å². The van der Waals surface area contributed by atoms with Crippen LogP contribution in [0.25, 0.3) is 0 Å². The highest BCUT2D eigenvalue weighted by Crippen LogP contribution is 2.00. The molecule has 0 spiro atoms. The highest BCUT2D eigenvalue weighted by Gasteiger charge is 1.98. The van der Waals surface area contributed by atoms with E-state index >= 15 is 0 Å². The van der Waals surface area contributed by atoms with Crippen LogP contribution in [0.1, 0.15) is 23.0 Å². The van der Waals surface area contributed by atoms with Gasteiger partial charge in [0, 0.05) is 26.5 Å². The summed E-state index contributed by atoms with van der Waals surface area (Å²) in [6, 6.07) is 0. The van der Waals surface area contributed by atoms with Crippen LogP contribution in [-0.4, -0.2) is 29.8 Å². The third-order valence-electron chi connectivity index (χ3n) is 1.69. The summed E-state index contributed by atoms with van der Waals surface area (Å²) < 4.78 is 6.21. The zero-order chi connectivity index (χ0) is 10.3. The van der Waals surface area contributed by atoms with E-state index in [-0.39, 0.29) is 0 Å².